The summed E-state index contributed by atoms with van der Waals surface area (Å²) >= 11 is 0. The Morgan fingerprint density at radius 2 is 1.45 bits per heavy atom. The number of aromatic nitrogens is 2. The SMILES string of the molecule is Cc1nc2ccc(C(F)(F)F)cn2c1C(=O)N(Cc1ccccc1)Cc1ccccc1. The number of hydrogen-bond acceptors (Lipinski definition) is 2. The molecule has 1 amide bonds. The third-order valence-electron chi connectivity index (χ3n) is 5.04. The molecular weight excluding hydrogens is 403 g/mol. The van der Waals surface area contributed by atoms with Crippen molar-refractivity contribution in [2.24, 2.45) is 0 Å². The highest BCUT2D eigenvalue weighted by molar-refractivity contribution is 5.94. The topological polar surface area (TPSA) is 37.6 Å². The Kier molecular flexibility index (Phi) is 5.50. The van der Waals surface area contributed by atoms with Crippen molar-refractivity contribution >= 4 is 11.6 Å². The lowest BCUT2D eigenvalue weighted by Gasteiger charge is -2.23. The number of halogens is 3. The van der Waals surface area contributed by atoms with Crippen LogP contribution in [0, 0.1) is 6.92 Å². The molecule has 0 fully saturated rings. The molecule has 0 saturated carbocycles. The number of alkyl halides is 3. The van der Waals surface area contributed by atoms with Crippen LogP contribution in [0.4, 0.5) is 13.2 Å². The second-order valence-electron chi connectivity index (χ2n) is 7.32. The molecule has 0 unspecified atom stereocenters. The number of amides is 1. The second-order valence-corrected chi connectivity index (χ2v) is 7.32. The maximum Gasteiger partial charge on any atom is 0.417 e. The lowest BCUT2D eigenvalue weighted by atomic mass is 10.1. The second kappa shape index (κ2) is 8.26. The molecule has 0 saturated heterocycles. The summed E-state index contributed by atoms with van der Waals surface area (Å²) in [6.45, 7) is 2.27. The monoisotopic (exact) mass is 423 g/mol. The van der Waals surface area contributed by atoms with Gasteiger partial charge in [-0.2, -0.15) is 13.2 Å². The normalized spacial score (nSPS) is 11.6. The highest BCUT2D eigenvalue weighted by Gasteiger charge is 2.32. The van der Waals surface area contributed by atoms with Crippen LogP contribution in [0.2, 0.25) is 0 Å². The van der Waals surface area contributed by atoms with E-state index in [1.165, 1.54) is 10.5 Å². The first-order valence-corrected chi connectivity index (χ1v) is 9.76. The summed E-state index contributed by atoms with van der Waals surface area (Å²) in [5.41, 5.74) is 1.84. The minimum Gasteiger partial charge on any atom is -0.329 e. The van der Waals surface area contributed by atoms with E-state index in [2.05, 4.69) is 4.98 Å². The van der Waals surface area contributed by atoms with Crippen LogP contribution in [0.25, 0.3) is 5.65 Å². The fraction of sp³-hybridized carbons (Fsp3) is 0.167. The zero-order valence-electron chi connectivity index (χ0n) is 16.8. The molecule has 4 aromatic rings. The number of nitrogens with zero attached hydrogens (tertiary/aromatic N) is 3. The van der Waals surface area contributed by atoms with E-state index in [9.17, 15) is 18.0 Å². The molecule has 4 rings (SSSR count). The summed E-state index contributed by atoms with van der Waals surface area (Å²) in [6, 6.07) is 21.2. The zero-order chi connectivity index (χ0) is 22.0. The largest absolute Gasteiger partial charge is 0.417 e. The molecular formula is C24H20F3N3O. The average molecular weight is 423 g/mol. The number of pyridine rings is 1. The van der Waals surface area contributed by atoms with E-state index in [4.69, 9.17) is 0 Å². The summed E-state index contributed by atoms with van der Waals surface area (Å²) < 4.78 is 41.0. The number of fused-ring (bicyclic) bond motifs is 1. The van der Waals surface area contributed by atoms with E-state index >= 15 is 0 Å². The van der Waals surface area contributed by atoms with Gasteiger partial charge in [-0.05, 0) is 30.2 Å². The van der Waals surface area contributed by atoms with Gasteiger partial charge in [0.25, 0.3) is 5.91 Å². The van der Waals surface area contributed by atoms with Gasteiger partial charge in [-0.25, -0.2) is 4.98 Å². The third kappa shape index (κ3) is 4.45. The minimum absolute atomic E-state index is 0.132. The highest BCUT2D eigenvalue weighted by Crippen LogP contribution is 2.30. The Labute approximate surface area is 177 Å². The van der Waals surface area contributed by atoms with Crippen molar-refractivity contribution in [3.05, 3.63) is 107 Å². The van der Waals surface area contributed by atoms with E-state index < -0.39 is 11.7 Å². The van der Waals surface area contributed by atoms with Crippen LogP contribution in [0.1, 0.15) is 32.9 Å². The summed E-state index contributed by atoms with van der Waals surface area (Å²) in [6.07, 6.45) is -3.58. The van der Waals surface area contributed by atoms with Gasteiger partial charge in [-0.1, -0.05) is 60.7 Å². The van der Waals surface area contributed by atoms with Gasteiger partial charge < -0.3 is 4.90 Å². The van der Waals surface area contributed by atoms with Crippen LogP contribution in [-0.4, -0.2) is 20.2 Å². The number of carbonyl (C=O) groups is 1. The number of rotatable bonds is 5. The summed E-state index contributed by atoms with van der Waals surface area (Å²) in [7, 11) is 0. The molecule has 2 aromatic heterocycles. The van der Waals surface area contributed by atoms with E-state index in [1.54, 1.807) is 11.8 Å². The Morgan fingerprint density at radius 3 is 1.97 bits per heavy atom. The molecule has 4 nitrogen and oxygen atoms in total. The maximum absolute atomic E-state index is 13.6. The van der Waals surface area contributed by atoms with Gasteiger partial charge in [0, 0.05) is 19.3 Å². The average Bonchev–Trinajstić information content (AvgIpc) is 3.08. The van der Waals surface area contributed by atoms with E-state index in [0.717, 1.165) is 23.4 Å². The van der Waals surface area contributed by atoms with Gasteiger partial charge in [0.15, 0.2) is 0 Å². The first-order chi connectivity index (χ1) is 14.8. The maximum atomic E-state index is 13.6. The van der Waals surface area contributed by atoms with Crippen molar-refractivity contribution in [1.29, 1.82) is 0 Å². The van der Waals surface area contributed by atoms with Crippen molar-refractivity contribution in [1.82, 2.24) is 14.3 Å². The van der Waals surface area contributed by atoms with Crippen molar-refractivity contribution in [2.45, 2.75) is 26.2 Å². The molecule has 31 heavy (non-hydrogen) atoms. The summed E-state index contributed by atoms with van der Waals surface area (Å²) in [5, 5.41) is 0. The minimum atomic E-state index is -4.51. The molecule has 7 heteroatoms. The first-order valence-electron chi connectivity index (χ1n) is 9.76. The molecule has 2 heterocycles. The molecule has 2 aromatic carbocycles. The number of benzene rings is 2. The van der Waals surface area contributed by atoms with Crippen LogP contribution >= 0.6 is 0 Å². The van der Waals surface area contributed by atoms with Gasteiger partial charge in [-0.15, -0.1) is 0 Å². The molecule has 0 bridgehead atoms. The third-order valence-corrected chi connectivity index (χ3v) is 5.04. The van der Waals surface area contributed by atoms with Crippen LogP contribution < -0.4 is 0 Å². The molecule has 0 radical (unpaired) electrons. The zero-order valence-corrected chi connectivity index (χ0v) is 16.8. The fourth-order valence-electron chi connectivity index (χ4n) is 3.54. The molecule has 0 aliphatic carbocycles. The predicted octanol–water partition coefficient (Wildman–Crippen LogP) is 5.50. The Balaban J connectivity index is 1.77. The molecule has 0 aliphatic heterocycles. The van der Waals surface area contributed by atoms with Crippen LogP contribution in [-0.2, 0) is 19.3 Å². The fourth-order valence-corrected chi connectivity index (χ4v) is 3.54. The molecule has 0 spiro atoms. The Bertz CT molecular complexity index is 1160. The molecule has 0 atom stereocenters. The van der Waals surface area contributed by atoms with Crippen molar-refractivity contribution < 1.29 is 18.0 Å². The van der Waals surface area contributed by atoms with Crippen LogP contribution in [0.15, 0.2) is 79.0 Å². The first kappa shape index (κ1) is 20.7. The smallest absolute Gasteiger partial charge is 0.329 e. The van der Waals surface area contributed by atoms with Gasteiger partial charge in [0.05, 0.1) is 11.3 Å². The van der Waals surface area contributed by atoms with Gasteiger partial charge >= 0.3 is 6.18 Å². The van der Waals surface area contributed by atoms with E-state index in [0.29, 0.717) is 24.4 Å². The Hall–Kier alpha value is -3.61. The number of imidazole rings is 1. The number of aryl methyl sites for hydroxylation is 1. The van der Waals surface area contributed by atoms with E-state index in [-0.39, 0.29) is 11.6 Å². The molecule has 158 valence electrons. The Morgan fingerprint density at radius 1 is 0.903 bits per heavy atom. The van der Waals surface area contributed by atoms with Gasteiger partial charge in [-0.3, -0.25) is 9.20 Å². The number of hydrogen-bond donors (Lipinski definition) is 0. The van der Waals surface area contributed by atoms with Gasteiger partial charge in [0.1, 0.15) is 11.3 Å². The summed E-state index contributed by atoms with van der Waals surface area (Å²) in [5.74, 6) is -0.378. The highest BCUT2D eigenvalue weighted by atomic mass is 19.4. The van der Waals surface area contributed by atoms with E-state index in [1.807, 2.05) is 60.7 Å². The van der Waals surface area contributed by atoms with Crippen molar-refractivity contribution in [2.75, 3.05) is 0 Å². The van der Waals surface area contributed by atoms with Gasteiger partial charge in [0.2, 0.25) is 0 Å². The van der Waals surface area contributed by atoms with Crippen molar-refractivity contribution in [3.8, 4) is 0 Å². The van der Waals surface area contributed by atoms with Crippen LogP contribution in [0.5, 0.6) is 0 Å². The van der Waals surface area contributed by atoms with Crippen LogP contribution in [0.3, 0.4) is 0 Å². The quantitative estimate of drug-likeness (QED) is 0.425. The molecule has 0 aliphatic rings. The lowest BCUT2D eigenvalue weighted by Crippen LogP contribution is -2.31. The number of carbonyl (C=O) groups excluding carboxylic acids is 1. The van der Waals surface area contributed by atoms with Crippen molar-refractivity contribution in [3.63, 3.8) is 0 Å². The molecule has 0 N–H and O–H groups in total. The standard InChI is InChI=1S/C24H20F3N3O/c1-17-22(30-16-20(24(25,26)27)12-13-21(30)28-17)23(31)29(14-18-8-4-2-5-9-18)15-19-10-6-3-7-11-19/h2-13,16H,14-15H2,1H3. The lowest BCUT2D eigenvalue weighted by molar-refractivity contribution is -0.137. The predicted molar refractivity (Wildman–Crippen MR) is 111 cm³/mol. The summed E-state index contributed by atoms with van der Waals surface area (Å²) in [4.78, 5) is 19.5.